The molecular weight excluding hydrogens is 310 g/mol. The van der Waals surface area contributed by atoms with Gasteiger partial charge in [-0.2, -0.15) is 0 Å². The highest BCUT2D eigenvalue weighted by atomic mass is 79.9. The zero-order valence-corrected chi connectivity index (χ0v) is 13.9. The number of benzene rings is 1. The van der Waals surface area contributed by atoms with Gasteiger partial charge in [-0.05, 0) is 55.8 Å². The van der Waals surface area contributed by atoms with E-state index in [4.69, 9.17) is 0 Å². The first-order valence-corrected chi connectivity index (χ1v) is 9.12. The first-order valence-electron chi connectivity index (χ1n) is 8.32. The van der Waals surface area contributed by atoms with Crippen molar-refractivity contribution in [3.63, 3.8) is 0 Å². The van der Waals surface area contributed by atoms with E-state index in [0.29, 0.717) is 0 Å². The van der Waals surface area contributed by atoms with Crippen molar-refractivity contribution in [3.8, 4) is 0 Å². The molecule has 0 aromatic heterocycles. The van der Waals surface area contributed by atoms with E-state index in [1.807, 2.05) is 0 Å². The van der Waals surface area contributed by atoms with Crippen LogP contribution in [0.5, 0.6) is 0 Å². The number of likely N-dealkylation sites (tertiary alicyclic amines) is 1. The molecule has 1 aliphatic carbocycles. The minimum atomic E-state index is 0.750. The Kier molecular flexibility index (Phi) is 5.17. The van der Waals surface area contributed by atoms with E-state index in [-0.39, 0.29) is 0 Å². The van der Waals surface area contributed by atoms with Crippen LogP contribution < -0.4 is 0 Å². The first-order chi connectivity index (χ1) is 9.83. The Morgan fingerprint density at radius 3 is 2.25 bits per heavy atom. The molecule has 1 atom stereocenters. The summed E-state index contributed by atoms with van der Waals surface area (Å²) in [5.74, 6) is 0.750. The second-order valence-electron chi connectivity index (χ2n) is 6.53. The summed E-state index contributed by atoms with van der Waals surface area (Å²) in [6.07, 6.45) is 11.4. The molecule has 0 amide bonds. The van der Waals surface area contributed by atoms with E-state index in [1.165, 1.54) is 74.5 Å². The molecule has 1 unspecified atom stereocenters. The van der Waals surface area contributed by atoms with Crippen molar-refractivity contribution >= 4 is 15.9 Å². The van der Waals surface area contributed by atoms with Crippen LogP contribution in [0.3, 0.4) is 0 Å². The van der Waals surface area contributed by atoms with Crippen molar-refractivity contribution in [2.75, 3.05) is 13.1 Å². The Bertz CT molecular complexity index is 406. The van der Waals surface area contributed by atoms with Crippen LogP contribution in [0.1, 0.15) is 62.8 Å². The molecular formula is C18H26BrN. The molecule has 20 heavy (non-hydrogen) atoms. The number of hydrogen-bond donors (Lipinski definition) is 0. The van der Waals surface area contributed by atoms with Gasteiger partial charge >= 0.3 is 0 Å². The second-order valence-corrected chi connectivity index (χ2v) is 7.45. The molecule has 0 radical (unpaired) electrons. The lowest BCUT2D eigenvalue weighted by Crippen LogP contribution is -2.41. The molecule has 1 aromatic carbocycles. The summed E-state index contributed by atoms with van der Waals surface area (Å²) in [5, 5.41) is 0. The Hall–Kier alpha value is -0.340. The molecule has 0 bridgehead atoms. The van der Waals surface area contributed by atoms with E-state index >= 15 is 0 Å². The van der Waals surface area contributed by atoms with Gasteiger partial charge in [-0.25, -0.2) is 0 Å². The van der Waals surface area contributed by atoms with Crippen LogP contribution in [0.2, 0.25) is 0 Å². The Morgan fingerprint density at radius 2 is 1.55 bits per heavy atom. The predicted molar refractivity (Wildman–Crippen MR) is 89.2 cm³/mol. The van der Waals surface area contributed by atoms with Crippen molar-refractivity contribution in [1.82, 2.24) is 4.90 Å². The standard InChI is InChI=1S/C18H26BrN/c19-17-11-9-15(10-12-17)16-6-5-13-20(14-16)18-7-3-1-2-4-8-18/h9-12,16,18H,1-8,13-14H2. The predicted octanol–water partition coefficient (Wildman–Crippen LogP) is 5.35. The highest BCUT2D eigenvalue weighted by Crippen LogP contribution is 2.31. The second kappa shape index (κ2) is 7.09. The molecule has 3 rings (SSSR count). The maximum Gasteiger partial charge on any atom is 0.0175 e. The fourth-order valence-corrected chi connectivity index (χ4v) is 4.23. The maximum atomic E-state index is 3.54. The summed E-state index contributed by atoms with van der Waals surface area (Å²) in [6.45, 7) is 2.62. The molecule has 1 aliphatic heterocycles. The lowest BCUT2D eigenvalue weighted by molar-refractivity contribution is 0.135. The topological polar surface area (TPSA) is 3.24 Å². The molecule has 2 aliphatic rings. The molecule has 110 valence electrons. The van der Waals surface area contributed by atoms with Crippen molar-refractivity contribution < 1.29 is 0 Å². The minimum Gasteiger partial charge on any atom is -0.300 e. The van der Waals surface area contributed by atoms with E-state index in [2.05, 4.69) is 45.1 Å². The molecule has 2 heteroatoms. The number of halogens is 1. The number of hydrogen-bond acceptors (Lipinski definition) is 1. The number of nitrogens with zero attached hydrogens (tertiary/aromatic N) is 1. The fourth-order valence-electron chi connectivity index (χ4n) is 3.97. The molecule has 1 nitrogen and oxygen atoms in total. The largest absolute Gasteiger partial charge is 0.300 e. The third-order valence-electron chi connectivity index (χ3n) is 5.14. The smallest absolute Gasteiger partial charge is 0.0175 e. The van der Waals surface area contributed by atoms with Crippen LogP contribution in [0.25, 0.3) is 0 Å². The average Bonchev–Trinajstić information content (AvgIpc) is 2.77. The van der Waals surface area contributed by atoms with Gasteiger partial charge < -0.3 is 0 Å². The van der Waals surface area contributed by atoms with Crippen LogP contribution in [0.15, 0.2) is 28.7 Å². The number of piperidine rings is 1. The third kappa shape index (κ3) is 3.65. The van der Waals surface area contributed by atoms with Crippen LogP contribution in [-0.4, -0.2) is 24.0 Å². The number of rotatable bonds is 2. The summed E-state index contributed by atoms with van der Waals surface area (Å²) in [6, 6.07) is 9.88. The molecule has 2 fully saturated rings. The van der Waals surface area contributed by atoms with E-state index < -0.39 is 0 Å². The minimum absolute atomic E-state index is 0.750. The third-order valence-corrected chi connectivity index (χ3v) is 5.66. The first kappa shape index (κ1) is 14.6. The Labute approximate surface area is 131 Å². The van der Waals surface area contributed by atoms with Crippen LogP contribution in [0.4, 0.5) is 0 Å². The molecule has 0 spiro atoms. The summed E-state index contributed by atoms with van der Waals surface area (Å²) in [5.41, 5.74) is 1.53. The quantitative estimate of drug-likeness (QED) is 0.658. The van der Waals surface area contributed by atoms with E-state index in [1.54, 1.807) is 0 Å². The highest BCUT2D eigenvalue weighted by Gasteiger charge is 2.26. The SMILES string of the molecule is Brc1ccc(C2CCCN(C3CCCCCC3)C2)cc1. The van der Waals surface area contributed by atoms with Crippen LogP contribution in [-0.2, 0) is 0 Å². The van der Waals surface area contributed by atoms with Gasteiger partial charge in [0.05, 0.1) is 0 Å². The van der Waals surface area contributed by atoms with Gasteiger partial charge in [0.2, 0.25) is 0 Å². The van der Waals surface area contributed by atoms with Gasteiger partial charge in [-0.15, -0.1) is 0 Å². The van der Waals surface area contributed by atoms with Gasteiger partial charge in [0.25, 0.3) is 0 Å². The maximum absolute atomic E-state index is 3.54. The van der Waals surface area contributed by atoms with E-state index in [9.17, 15) is 0 Å². The van der Waals surface area contributed by atoms with Gasteiger partial charge in [-0.3, -0.25) is 4.90 Å². The Morgan fingerprint density at radius 1 is 0.850 bits per heavy atom. The lowest BCUT2D eigenvalue weighted by Gasteiger charge is -2.38. The van der Waals surface area contributed by atoms with Gasteiger partial charge in [0.15, 0.2) is 0 Å². The monoisotopic (exact) mass is 335 g/mol. The van der Waals surface area contributed by atoms with Crippen molar-refractivity contribution in [2.24, 2.45) is 0 Å². The zero-order chi connectivity index (χ0) is 13.8. The van der Waals surface area contributed by atoms with Crippen LogP contribution in [0, 0.1) is 0 Å². The summed E-state index contributed by atoms with van der Waals surface area (Å²) >= 11 is 3.54. The summed E-state index contributed by atoms with van der Waals surface area (Å²) in [4.78, 5) is 2.81. The molecule has 0 N–H and O–H groups in total. The van der Waals surface area contributed by atoms with Gasteiger partial charge in [-0.1, -0.05) is 53.7 Å². The fraction of sp³-hybridized carbons (Fsp3) is 0.667. The van der Waals surface area contributed by atoms with Crippen molar-refractivity contribution in [2.45, 2.75) is 63.3 Å². The van der Waals surface area contributed by atoms with Gasteiger partial charge in [0.1, 0.15) is 0 Å². The highest BCUT2D eigenvalue weighted by molar-refractivity contribution is 9.10. The summed E-state index contributed by atoms with van der Waals surface area (Å²) in [7, 11) is 0. The van der Waals surface area contributed by atoms with E-state index in [0.717, 1.165) is 12.0 Å². The van der Waals surface area contributed by atoms with Crippen molar-refractivity contribution in [3.05, 3.63) is 34.3 Å². The lowest BCUT2D eigenvalue weighted by atomic mass is 9.89. The van der Waals surface area contributed by atoms with Gasteiger partial charge in [0, 0.05) is 17.1 Å². The molecule has 1 saturated carbocycles. The molecule has 1 heterocycles. The van der Waals surface area contributed by atoms with Crippen molar-refractivity contribution in [1.29, 1.82) is 0 Å². The zero-order valence-electron chi connectivity index (χ0n) is 12.4. The summed E-state index contributed by atoms with van der Waals surface area (Å²) < 4.78 is 1.19. The average molecular weight is 336 g/mol. The molecule has 1 aromatic rings. The van der Waals surface area contributed by atoms with Crippen LogP contribution >= 0.6 is 15.9 Å². The normalized spacial score (nSPS) is 26.4. The molecule has 1 saturated heterocycles. The Balaban J connectivity index is 1.64.